The Kier molecular flexibility index (Phi) is 6.77. The van der Waals surface area contributed by atoms with Crippen LogP contribution in [0.25, 0.3) is 0 Å². The number of aromatic nitrogens is 2. The number of rotatable bonds is 8. The largest absolute Gasteiger partial charge is 0.491 e. The van der Waals surface area contributed by atoms with Crippen molar-refractivity contribution in [1.82, 2.24) is 14.5 Å². The summed E-state index contributed by atoms with van der Waals surface area (Å²) in [6.07, 6.45) is 7.93. The van der Waals surface area contributed by atoms with Crippen molar-refractivity contribution in [2.75, 3.05) is 39.1 Å². The zero-order valence-corrected chi connectivity index (χ0v) is 18.5. The molecule has 1 aliphatic heterocycles. The van der Waals surface area contributed by atoms with Crippen molar-refractivity contribution in [1.29, 1.82) is 0 Å². The van der Waals surface area contributed by atoms with Gasteiger partial charge in [0.2, 0.25) is 0 Å². The van der Waals surface area contributed by atoms with E-state index < -0.39 is 0 Å². The molecule has 2 aromatic rings. The lowest BCUT2D eigenvalue weighted by molar-refractivity contribution is 0.259. The predicted molar refractivity (Wildman–Crippen MR) is 122 cm³/mol. The number of anilines is 2. The van der Waals surface area contributed by atoms with Gasteiger partial charge in [0.05, 0.1) is 12.8 Å². The molecule has 2 heterocycles. The summed E-state index contributed by atoms with van der Waals surface area (Å²) in [5.74, 6) is 3.06. The van der Waals surface area contributed by atoms with E-state index in [1.54, 1.807) is 10.8 Å². The number of ether oxygens (including phenoxy) is 2. The van der Waals surface area contributed by atoms with Crippen molar-refractivity contribution in [3.05, 3.63) is 34.9 Å². The highest BCUT2D eigenvalue weighted by Crippen LogP contribution is 2.45. The molecule has 8 nitrogen and oxygen atoms in total. The minimum absolute atomic E-state index is 0.163. The lowest BCUT2D eigenvalue weighted by Crippen LogP contribution is -2.30. The monoisotopic (exact) mass is 427 g/mol. The van der Waals surface area contributed by atoms with Crippen LogP contribution in [0.5, 0.6) is 17.2 Å². The molecule has 31 heavy (non-hydrogen) atoms. The van der Waals surface area contributed by atoms with E-state index >= 15 is 0 Å². The SMILES string of the molecule is CN(C)CCCOc1cccc2c1Nc1nc(=O)n(C3CCC(CCN)CC3)cc1O2. The van der Waals surface area contributed by atoms with E-state index in [4.69, 9.17) is 15.2 Å². The number of fused-ring (bicyclic) bond motifs is 2. The molecule has 0 spiro atoms. The fourth-order valence-electron chi connectivity index (χ4n) is 4.46. The Morgan fingerprint density at radius 3 is 2.81 bits per heavy atom. The van der Waals surface area contributed by atoms with Crippen molar-refractivity contribution in [3.8, 4) is 17.2 Å². The Bertz CT molecular complexity index is 951. The summed E-state index contributed by atoms with van der Waals surface area (Å²) in [6, 6.07) is 5.87. The van der Waals surface area contributed by atoms with Crippen molar-refractivity contribution >= 4 is 11.5 Å². The van der Waals surface area contributed by atoms with E-state index in [0.717, 1.165) is 51.6 Å². The van der Waals surface area contributed by atoms with Crippen LogP contribution < -0.4 is 26.2 Å². The summed E-state index contributed by atoms with van der Waals surface area (Å²) in [6.45, 7) is 2.29. The van der Waals surface area contributed by atoms with Gasteiger partial charge in [-0.15, -0.1) is 0 Å². The Labute approximate surface area is 183 Å². The number of para-hydroxylation sites is 1. The van der Waals surface area contributed by atoms with Crippen LogP contribution in [0.3, 0.4) is 0 Å². The van der Waals surface area contributed by atoms with Gasteiger partial charge in [-0.3, -0.25) is 4.57 Å². The van der Waals surface area contributed by atoms with Crippen LogP contribution in [-0.4, -0.2) is 48.2 Å². The van der Waals surface area contributed by atoms with E-state index in [9.17, 15) is 4.79 Å². The zero-order valence-electron chi connectivity index (χ0n) is 18.5. The first kappa shape index (κ1) is 21.6. The second-order valence-corrected chi connectivity index (χ2v) is 8.76. The molecule has 0 unspecified atom stereocenters. The van der Waals surface area contributed by atoms with Crippen molar-refractivity contribution in [2.24, 2.45) is 11.7 Å². The molecule has 3 N–H and O–H groups in total. The fraction of sp³-hybridized carbons (Fsp3) is 0.565. The minimum atomic E-state index is -0.245. The molecule has 1 aliphatic carbocycles. The third-order valence-corrected chi connectivity index (χ3v) is 6.16. The van der Waals surface area contributed by atoms with Crippen LogP contribution in [0.4, 0.5) is 11.5 Å². The second-order valence-electron chi connectivity index (χ2n) is 8.76. The maximum Gasteiger partial charge on any atom is 0.350 e. The number of nitrogens with one attached hydrogen (secondary N) is 1. The van der Waals surface area contributed by atoms with Crippen LogP contribution in [0, 0.1) is 5.92 Å². The van der Waals surface area contributed by atoms with Gasteiger partial charge in [-0.05, 0) is 77.2 Å². The summed E-state index contributed by atoms with van der Waals surface area (Å²) >= 11 is 0. The molecule has 0 amide bonds. The second kappa shape index (κ2) is 9.70. The summed E-state index contributed by atoms with van der Waals surface area (Å²) in [7, 11) is 4.09. The van der Waals surface area contributed by atoms with Gasteiger partial charge in [0.25, 0.3) is 0 Å². The number of hydrogen-bond donors (Lipinski definition) is 2. The summed E-state index contributed by atoms with van der Waals surface area (Å²) < 4.78 is 13.8. The van der Waals surface area contributed by atoms with E-state index in [2.05, 4.69) is 15.2 Å². The van der Waals surface area contributed by atoms with Crippen LogP contribution >= 0.6 is 0 Å². The molecule has 1 aromatic heterocycles. The predicted octanol–water partition coefficient (Wildman–Crippen LogP) is 3.50. The fourth-order valence-corrected chi connectivity index (χ4v) is 4.46. The van der Waals surface area contributed by atoms with E-state index in [1.807, 2.05) is 32.3 Å². The number of benzene rings is 1. The molecule has 1 aromatic carbocycles. The molecule has 1 fully saturated rings. The van der Waals surface area contributed by atoms with Crippen LogP contribution in [0.15, 0.2) is 29.2 Å². The first-order valence-corrected chi connectivity index (χ1v) is 11.2. The van der Waals surface area contributed by atoms with E-state index in [-0.39, 0.29) is 11.7 Å². The van der Waals surface area contributed by atoms with Crippen molar-refractivity contribution < 1.29 is 9.47 Å². The molecular weight excluding hydrogens is 394 g/mol. The molecule has 0 atom stereocenters. The summed E-state index contributed by atoms with van der Waals surface area (Å²) in [4.78, 5) is 19.2. The normalized spacial score (nSPS) is 19.9. The zero-order chi connectivity index (χ0) is 21.8. The van der Waals surface area contributed by atoms with Crippen molar-refractivity contribution in [3.63, 3.8) is 0 Å². The van der Waals surface area contributed by atoms with Crippen molar-refractivity contribution in [2.45, 2.75) is 44.6 Å². The third-order valence-electron chi connectivity index (χ3n) is 6.16. The molecule has 0 saturated heterocycles. The number of hydrogen-bond acceptors (Lipinski definition) is 7. The van der Waals surface area contributed by atoms with Gasteiger partial charge in [0, 0.05) is 12.6 Å². The topological polar surface area (TPSA) is 94.6 Å². The van der Waals surface area contributed by atoms with Gasteiger partial charge in [0.15, 0.2) is 17.3 Å². The maximum absolute atomic E-state index is 12.8. The quantitative estimate of drug-likeness (QED) is 0.531. The first-order valence-electron chi connectivity index (χ1n) is 11.2. The van der Waals surface area contributed by atoms with Gasteiger partial charge in [-0.25, -0.2) is 4.79 Å². The van der Waals surface area contributed by atoms with E-state index in [1.165, 1.54) is 0 Å². The van der Waals surface area contributed by atoms with Crippen LogP contribution in [0.1, 0.15) is 44.6 Å². The molecule has 8 heteroatoms. The van der Waals surface area contributed by atoms with Gasteiger partial charge >= 0.3 is 5.69 Å². The highest BCUT2D eigenvalue weighted by Gasteiger charge is 2.27. The number of nitrogens with two attached hydrogens (primary N) is 1. The molecule has 168 valence electrons. The highest BCUT2D eigenvalue weighted by molar-refractivity contribution is 5.77. The molecule has 0 bridgehead atoms. The Hall–Kier alpha value is -2.58. The summed E-state index contributed by atoms with van der Waals surface area (Å²) in [5, 5.41) is 3.25. The lowest BCUT2D eigenvalue weighted by atomic mass is 9.84. The van der Waals surface area contributed by atoms with Gasteiger partial charge in [-0.1, -0.05) is 6.07 Å². The molecule has 2 aliphatic rings. The lowest BCUT2D eigenvalue weighted by Gasteiger charge is -2.30. The van der Waals surface area contributed by atoms with Crippen LogP contribution in [-0.2, 0) is 0 Å². The maximum atomic E-state index is 12.8. The molecule has 1 saturated carbocycles. The standard InChI is InChI=1S/C23H33N5O3/c1-27(2)13-4-14-30-18-5-3-6-19-21(18)25-22-20(31-19)15-28(23(29)26-22)17-9-7-16(8-10-17)11-12-24/h3,5-6,15-17H,4,7-14,24H2,1-2H3,(H,25,26,29). The Morgan fingerprint density at radius 2 is 2.06 bits per heavy atom. The van der Waals surface area contributed by atoms with Gasteiger partial charge in [0.1, 0.15) is 11.4 Å². The van der Waals surface area contributed by atoms with Gasteiger partial charge < -0.3 is 25.4 Å². The van der Waals surface area contributed by atoms with Gasteiger partial charge in [-0.2, -0.15) is 4.98 Å². The highest BCUT2D eigenvalue weighted by atomic mass is 16.5. The average Bonchev–Trinajstić information content (AvgIpc) is 2.76. The molecular formula is C23H33N5O3. The first-order chi connectivity index (χ1) is 15.0. The Balaban J connectivity index is 1.48. The average molecular weight is 428 g/mol. The Morgan fingerprint density at radius 1 is 1.26 bits per heavy atom. The van der Waals surface area contributed by atoms with E-state index in [0.29, 0.717) is 41.3 Å². The smallest absolute Gasteiger partial charge is 0.350 e. The third kappa shape index (κ3) is 5.02. The molecule has 4 rings (SSSR count). The summed E-state index contributed by atoms with van der Waals surface area (Å²) in [5.41, 5.74) is 6.17. The van der Waals surface area contributed by atoms with Crippen LogP contribution in [0.2, 0.25) is 0 Å². The molecule has 0 radical (unpaired) electrons. The number of nitrogens with zero attached hydrogens (tertiary/aromatic N) is 3. The minimum Gasteiger partial charge on any atom is -0.491 e.